The van der Waals surface area contributed by atoms with Crippen molar-refractivity contribution < 1.29 is 42.2 Å². The van der Waals surface area contributed by atoms with Crippen molar-refractivity contribution in [2.75, 3.05) is 0 Å². The molecule has 1 N–H and O–H groups in total. The number of aliphatic hydroxyl groups is 1. The quantitative estimate of drug-likeness (QED) is 0.0757. The second-order valence-electron chi connectivity index (χ2n) is 14.1. The summed E-state index contributed by atoms with van der Waals surface area (Å²) in [7, 11) is -4.47. The zero-order valence-corrected chi connectivity index (χ0v) is 33.1. The van der Waals surface area contributed by atoms with Gasteiger partial charge in [0.1, 0.15) is 36.6 Å². The number of rotatable bonds is 20. The second-order valence-corrected chi connectivity index (χ2v) is 15.7. The lowest BCUT2D eigenvalue weighted by Gasteiger charge is -2.48. The monoisotopic (exact) mass is 800 g/mol. The van der Waals surface area contributed by atoms with Gasteiger partial charge in [-0.25, -0.2) is 4.57 Å². The summed E-state index contributed by atoms with van der Waals surface area (Å²) in [6.07, 6.45) is -6.65. The Hall–Kier alpha value is -4.77. The fourth-order valence-corrected chi connectivity index (χ4v) is 8.14. The predicted molar refractivity (Wildman–Crippen MR) is 221 cm³/mol. The lowest BCUT2D eigenvalue weighted by molar-refractivity contribution is -0.270. The zero-order chi connectivity index (χ0) is 39.8. The largest absolute Gasteiger partial charge is 0.475 e. The Labute approximate surface area is 340 Å². The number of ether oxygens (including phenoxy) is 4. The van der Waals surface area contributed by atoms with E-state index in [1.165, 1.54) is 0 Å². The molecule has 1 aliphatic rings. The van der Waals surface area contributed by atoms with Crippen molar-refractivity contribution in [1.82, 2.24) is 0 Å². The first kappa shape index (κ1) is 41.4. The Morgan fingerprint density at radius 2 is 0.586 bits per heavy atom. The fourth-order valence-electron chi connectivity index (χ4n) is 6.79. The molecule has 0 bridgehead atoms. The molecule has 0 amide bonds. The summed E-state index contributed by atoms with van der Waals surface area (Å²) in [5, 5.41) is 12.5. The lowest BCUT2D eigenvalue weighted by atomic mass is 9.84. The minimum Gasteiger partial charge on any atom is -0.387 e. The topological polar surface area (TPSA) is 102 Å². The molecule has 0 spiro atoms. The molecule has 0 heterocycles. The molecular formula is C48H49O9P. The number of phosphoric ester groups is 1. The Bertz CT molecular complexity index is 2050. The van der Waals surface area contributed by atoms with E-state index >= 15 is 4.57 Å². The van der Waals surface area contributed by atoms with Crippen molar-refractivity contribution in [1.29, 1.82) is 0 Å². The molecule has 6 aromatic carbocycles. The third kappa shape index (κ3) is 11.9. The Kier molecular flexibility index (Phi) is 15.2. The fraction of sp³-hybridized carbons (Fsp3) is 0.250. The van der Waals surface area contributed by atoms with Crippen LogP contribution in [0, 0.1) is 0 Å². The third-order valence-corrected chi connectivity index (χ3v) is 11.2. The maximum atomic E-state index is 15.1. The predicted octanol–water partition coefficient (Wildman–Crippen LogP) is 9.63. The highest BCUT2D eigenvalue weighted by atomic mass is 31.2. The summed E-state index contributed by atoms with van der Waals surface area (Å²) in [5.74, 6) is 0. The molecule has 0 aliphatic heterocycles. The van der Waals surface area contributed by atoms with Crippen molar-refractivity contribution >= 4 is 7.82 Å². The SMILES string of the molecule is O=P(OCc1ccccc1)(OCc1ccccc1)O[C@H]1[C@H](OCc2ccccc2)[C@@H](OCc2ccccc2)[C@@H](OCc2ccccc2)[C@@H](O)[C@@H]1OCc1ccccc1. The van der Waals surface area contributed by atoms with Crippen molar-refractivity contribution in [3.63, 3.8) is 0 Å². The van der Waals surface area contributed by atoms with Crippen LogP contribution in [0.5, 0.6) is 0 Å². The second kappa shape index (κ2) is 21.3. The van der Waals surface area contributed by atoms with Crippen LogP contribution in [0.4, 0.5) is 0 Å². The molecular weight excluding hydrogens is 751 g/mol. The number of phosphoric acid groups is 1. The minimum atomic E-state index is -4.47. The van der Waals surface area contributed by atoms with Crippen LogP contribution in [0.1, 0.15) is 33.4 Å². The highest BCUT2D eigenvalue weighted by Crippen LogP contribution is 2.54. The molecule has 6 aromatic rings. The van der Waals surface area contributed by atoms with E-state index in [0.717, 1.165) is 33.4 Å². The molecule has 9 nitrogen and oxygen atoms in total. The van der Waals surface area contributed by atoms with Crippen molar-refractivity contribution in [3.8, 4) is 0 Å². The zero-order valence-electron chi connectivity index (χ0n) is 32.2. The number of aliphatic hydroxyl groups excluding tert-OH is 1. The first-order chi connectivity index (χ1) is 28.5. The van der Waals surface area contributed by atoms with Crippen LogP contribution in [-0.2, 0) is 76.7 Å². The van der Waals surface area contributed by atoms with Gasteiger partial charge in [0.05, 0.1) is 39.6 Å². The van der Waals surface area contributed by atoms with Crippen LogP contribution in [0.3, 0.4) is 0 Å². The van der Waals surface area contributed by atoms with Crippen LogP contribution < -0.4 is 0 Å². The van der Waals surface area contributed by atoms with E-state index in [2.05, 4.69) is 0 Å². The van der Waals surface area contributed by atoms with Crippen LogP contribution >= 0.6 is 7.82 Å². The van der Waals surface area contributed by atoms with Crippen LogP contribution in [-0.4, -0.2) is 41.7 Å². The summed E-state index contributed by atoms with van der Waals surface area (Å²) in [4.78, 5) is 0. The van der Waals surface area contributed by atoms with E-state index in [1.807, 2.05) is 182 Å². The molecule has 1 fully saturated rings. The highest BCUT2D eigenvalue weighted by Gasteiger charge is 2.56. The molecule has 0 radical (unpaired) electrons. The summed E-state index contributed by atoms with van der Waals surface area (Å²) in [6, 6.07) is 57.5. The first-order valence-corrected chi connectivity index (χ1v) is 20.9. The van der Waals surface area contributed by atoms with Crippen LogP contribution in [0.25, 0.3) is 0 Å². The number of hydrogen-bond acceptors (Lipinski definition) is 9. The summed E-state index contributed by atoms with van der Waals surface area (Å²) in [6.45, 7) is 0.463. The lowest BCUT2D eigenvalue weighted by Crippen LogP contribution is -2.66. The van der Waals surface area contributed by atoms with Gasteiger partial charge in [-0.1, -0.05) is 182 Å². The minimum absolute atomic E-state index is 0.0655. The maximum absolute atomic E-state index is 15.1. The van der Waals surface area contributed by atoms with Crippen molar-refractivity contribution in [2.45, 2.75) is 76.3 Å². The van der Waals surface area contributed by atoms with Gasteiger partial charge in [0.2, 0.25) is 0 Å². The van der Waals surface area contributed by atoms with Crippen LogP contribution in [0.2, 0.25) is 0 Å². The normalized spacial score (nSPS) is 20.8. The Balaban J connectivity index is 1.28. The number of hydrogen-bond donors (Lipinski definition) is 1. The van der Waals surface area contributed by atoms with E-state index in [0.29, 0.717) is 0 Å². The molecule has 0 unspecified atom stereocenters. The van der Waals surface area contributed by atoms with Gasteiger partial charge in [0.25, 0.3) is 0 Å². The van der Waals surface area contributed by atoms with Crippen molar-refractivity contribution in [2.24, 2.45) is 0 Å². The van der Waals surface area contributed by atoms with E-state index in [4.69, 9.17) is 32.5 Å². The van der Waals surface area contributed by atoms with Gasteiger partial charge in [0.15, 0.2) is 0 Å². The molecule has 1 saturated carbocycles. The first-order valence-electron chi connectivity index (χ1n) is 19.5. The van der Waals surface area contributed by atoms with E-state index in [1.54, 1.807) is 0 Å². The number of benzene rings is 6. The van der Waals surface area contributed by atoms with Gasteiger partial charge in [-0.05, 0) is 33.4 Å². The molecule has 1 aliphatic carbocycles. The molecule has 0 saturated heterocycles. The highest BCUT2D eigenvalue weighted by molar-refractivity contribution is 7.48. The van der Waals surface area contributed by atoms with Gasteiger partial charge in [-0.15, -0.1) is 0 Å². The Morgan fingerprint density at radius 1 is 0.345 bits per heavy atom. The van der Waals surface area contributed by atoms with Gasteiger partial charge < -0.3 is 24.1 Å². The Morgan fingerprint density at radius 3 is 0.897 bits per heavy atom. The maximum Gasteiger partial charge on any atom is 0.475 e. The van der Waals surface area contributed by atoms with Gasteiger partial charge >= 0.3 is 7.82 Å². The van der Waals surface area contributed by atoms with E-state index in [9.17, 15) is 5.11 Å². The van der Waals surface area contributed by atoms with Crippen LogP contribution in [0.15, 0.2) is 182 Å². The smallest absolute Gasteiger partial charge is 0.387 e. The standard InChI is InChI=1S/C48H49O9P/c49-43-44(51-31-37-19-7-1-8-20-37)46(53-33-39-23-11-3-12-24-39)47(54-34-40-25-13-4-14-26-40)48(45(43)52-32-38-21-9-2-10-22-38)57-58(50,55-35-41-27-15-5-16-28-41)56-36-42-29-17-6-18-30-42/h1-30,43-49H,31-36H2/t43-,44+,45+,46+,47-,48-/m1/s1. The van der Waals surface area contributed by atoms with Gasteiger partial charge in [-0.3, -0.25) is 13.6 Å². The molecule has 7 rings (SSSR count). The average molecular weight is 801 g/mol. The average Bonchev–Trinajstić information content (AvgIpc) is 3.28. The molecule has 58 heavy (non-hydrogen) atoms. The van der Waals surface area contributed by atoms with Gasteiger partial charge in [-0.2, -0.15) is 0 Å². The summed E-state index contributed by atoms with van der Waals surface area (Å²) in [5.41, 5.74) is 5.11. The molecule has 0 aromatic heterocycles. The molecule has 300 valence electrons. The summed E-state index contributed by atoms with van der Waals surface area (Å²) >= 11 is 0. The molecule has 10 heteroatoms. The van der Waals surface area contributed by atoms with E-state index in [-0.39, 0.29) is 39.6 Å². The van der Waals surface area contributed by atoms with Gasteiger partial charge in [0, 0.05) is 0 Å². The summed E-state index contributed by atoms with van der Waals surface area (Å²) < 4.78 is 60.8. The van der Waals surface area contributed by atoms with Crippen molar-refractivity contribution in [3.05, 3.63) is 215 Å². The van der Waals surface area contributed by atoms with E-state index < -0.39 is 44.4 Å². The molecule has 6 atom stereocenters. The third-order valence-electron chi connectivity index (χ3n) is 9.82.